The number of thiocarbonyl (C=S) groups is 1. The molecule has 1 amide bonds. The monoisotopic (exact) mass is 312 g/mol. The molecular formula is C15H28N4OS. The van der Waals surface area contributed by atoms with E-state index in [1.54, 1.807) is 0 Å². The molecule has 1 unspecified atom stereocenters. The van der Waals surface area contributed by atoms with Crippen molar-refractivity contribution >= 4 is 23.1 Å². The van der Waals surface area contributed by atoms with E-state index in [1.165, 1.54) is 19.3 Å². The van der Waals surface area contributed by atoms with E-state index < -0.39 is 0 Å². The average Bonchev–Trinajstić information content (AvgIpc) is 2.48. The first kappa shape index (κ1) is 16.6. The highest BCUT2D eigenvalue weighted by molar-refractivity contribution is 7.80. The Morgan fingerprint density at radius 1 is 1.24 bits per heavy atom. The maximum Gasteiger partial charge on any atom is 0.234 e. The van der Waals surface area contributed by atoms with Crippen LogP contribution in [0.1, 0.15) is 39.0 Å². The molecule has 1 heterocycles. The molecule has 6 heteroatoms. The molecule has 0 aromatic heterocycles. The standard InChI is InChI=1S/C15H28N4OS/c1-12(15(16)21)19-9-7-18(8-10-19)11-14(20)17-13-5-3-2-4-6-13/h12-13H,2-11H2,1H3,(H2,16,21)(H,17,20). The van der Waals surface area contributed by atoms with Crippen LogP contribution in [0, 0.1) is 0 Å². The van der Waals surface area contributed by atoms with Gasteiger partial charge in [-0.3, -0.25) is 14.6 Å². The number of amides is 1. The third kappa shape index (κ3) is 5.20. The lowest BCUT2D eigenvalue weighted by Crippen LogP contribution is -2.54. The van der Waals surface area contributed by atoms with Gasteiger partial charge in [0.05, 0.1) is 17.6 Å². The summed E-state index contributed by atoms with van der Waals surface area (Å²) in [5.74, 6) is 0.178. The Morgan fingerprint density at radius 3 is 2.43 bits per heavy atom. The zero-order valence-electron chi connectivity index (χ0n) is 13.0. The maximum absolute atomic E-state index is 12.1. The second-order valence-corrected chi connectivity index (χ2v) is 6.76. The zero-order valence-corrected chi connectivity index (χ0v) is 13.8. The van der Waals surface area contributed by atoms with Crippen molar-refractivity contribution in [2.75, 3.05) is 32.7 Å². The van der Waals surface area contributed by atoms with Gasteiger partial charge in [0.2, 0.25) is 5.91 Å². The lowest BCUT2D eigenvalue weighted by Gasteiger charge is -2.37. The van der Waals surface area contributed by atoms with Gasteiger partial charge in [-0.1, -0.05) is 31.5 Å². The molecule has 1 aliphatic carbocycles. The molecule has 0 bridgehead atoms. The fourth-order valence-corrected chi connectivity index (χ4v) is 3.36. The van der Waals surface area contributed by atoms with E-state index in [0.29, 0.717) is 17.6 Å². The van der Waals surface area contributed by atoms with Crippen LogP contribution in [0.15, 0.2) is 0 Å². The number of piperazine rings is 1. The predicted molar refractivity (Wildman–Crippen MR) is 89.3 cm³/mol. The number of hydrogen-bond donors (Lipinski definition) is 2. The Balaban J connectivity index is 1.68. The van der Waals surface area contributed by atoms with Gasteiger partial charge in [-0.2, -0.15) is 0 Å². The van der Waals surface area contributed by atoms with Crippen molar-refractivity contribution in [2.45, 2.75) is 51.1 Å². The Bertz CT molecular complexity index is 363. The van der Waals surface area contributed by atoms with Crippen molar-refractivity contribution < 1.29 is 4.79 Å². The van der Waals surface area contributed by atoms with Gasteiger partial charge in [0.25, 0.3) is 0 Å². The molecule has 2 fully saturated rings. The molecule has 0 spiro atoms. The number of carbonyl (C=O) groups excluding carboxylic acids is 1. The molecule has 21 heavy (non-hydrogen) atoms. The zero-order chi connectivity index (χ0) is 15.2. The molecule has 1 saturated heterocycles. The highest BCUT2D eigenvalue weighted by Gasteiger charge is 2.24. The summed E-state index contributed by atoms with van der Waals surface area (Å²) in [6.07, 6.45) is 6.10. The molecular weight excluding hydrogens is 284 g/mol. The quantitative estimate of drug-likeness (QED) is 0.733. The van der Waals surface area contributed by atoms with Crippen LogP contribution < -0.4 is 11.1 Å². The lowest BCUT2D eigenvalue weighted by molar-refractivity contribution is -0.123. The molecule has 2 aliphatic rings. The van der Waals surface area contributed by atoms with E-state index in [4.69, 9.17) is 18.0 Å². The van der Waals surface area contributed by atoms with E-state index in [2.05, 4.69) is 15.1 Å². The summed E-state index contributed by atoms with van der Waals surface area (Å²) < 4.78 is 0. The number of nitrogens with zero attached hydrogens (tertiary/aromatic N) is 2. The second kappa shape index (κ2) is 8.06. The first-order chi connectivity index (χ1) is 10.1. The van der Waals surface area contributed by atoms with E-state index in [9.17, 15) is 4.79 Å². The van der Waals surface area contributed by atoms with Crippen molar-refractivity contribution in [3.63, 3.8) is 0 Å². The Labute approximate surface area is 133 Å². The molecule has 120 valence electrons. The largest absolute Gasteiger partial charge is 0.392 e. The summed E-state index contributed by atoms with van der Waals surface area (Å²) in [6, 6.07) is 0.556. The SMILES string of the molecule is CC(C(N)=S)N1CCN(CC(=O)NC2CCCCC2)CC1. The topological polar surface area (TPSA) is 61.6 Å². The van der Waals surface area contributed by atoms with Crippen molar-refractivity contribution in [3.05, 3.63) is 0 Å². The molecule has 5 nitrogen and oxygen atoms in total. The van der Waals surface area contributed by atoms with Crippen LogP contribution in [0.2, 0.25) is 0 Å². The summed E-state index contributed by atoms with van der Waals surface area (Å²) >= 11 is 5.05. The number of rotatable bonds is 5. The van der Waals surface area contributed by atoms with Crippen LogP contribution in [-0.2, 0) is 4.79 Å². The van der Waals surface area contributed by atoms with Crippen LogP contribution in [0.25, 0.3) is 0 Å². The van der Waals surface area contributed by atoms with Crippen LogP contribution in [0.3, 0.4) is 0 Å². The van der Waals surface area contributed by atoms with Gasteiger partial charge >= 0.3 is 0 Å². The van der Waals surface area contributed by atoms with Gasteiger partial charge in [0.1, 0.15) is 0 Å². The maximum atomic E-state index is 12.1. The normalized spacial score (nSPS) is 23.7. The molecule has 1 atom stereocenters. The molecule has 1 aliphatic heterocycles. The van der Waals surface area contributed by atoms with Gasteiger partial charge in [0.15, 0.2) is 0 Å². The van der Waals surface area contributed by atoms with E-state index in [0.717, 1.165) is 39.0 Å². The van der Waals surface area contributed by atoms with Gasteiger partial charge in [0, 0.05) is 32.2 Å². The Morgan fingerprint density at radius 2 is 1.86 bits per heavy atom. The fraction of sp³-hybridized carbons (Fsp3) is 0.867. The fourth-order valence-electron chi connectivity index (χ4n) is 3.21. The van der Waals surface area contributed by atoms with Crippen molar-refractivity contribution in [1.29, 1.82) is 0 Å². The predicted octanol–water partition coefficient (Wildman–Crippen LogP) is 0.727. The minimum atomic E-state index is 0.151. The van der Waals surface area contributed by atoms with Crippen LogP contribution in [0.4, 0.5) is 0 Å². The summed E-state index contributed by atoms with van der Waals surface area (Å²) in [7, 11) is 0. The van der Waals surface area contributed by atoms with Gasteiger partial charge in [-0.25, -0.2) is 0 Å². The smallest absolute Gasteiger partial charge is 0.234 e. The summed E-state index contributed by atoms with van der Waals surface area (Å²) in [4.78, 5) is 17.2. The van der Waals surface area contributed by atoms with Crippen LogP contribution in [0.5, 0.6) is 0 Å². The lowest BCUT2D eigenvalue weighted by atomic mass is 9.95. The molecule has 0 radical (unpaired) electrons. The van der Waals surface area contributed by atoms with Crippen molar-refractivity contribution in [2.24, 2.45) is 5.73 Å². The van der Waals surface area contributed by atoms with Crippen molar-refractivity contribution in [1.82, 2.24) is 15.1 Å². The van der Waals surface area contributed by atoms with Gasteiger partial charge in [-0.05, 0) is 19.8 Å². The van der Waals surface area contributed by atoms with Crippen molar-refractivity contribution in [3.8, 4) is 0 Å². The van der Waals surface area contributed by atoms with E-state index in [-0.39, 0.29) is 11.9 Å². The van der Waals surface area contributed by atoms with E-state index in [1.807, 2.05) is 6.92 Å². The summed E-state index contributed by atoms with van der Waals surface area (Å²) in [5.41, 5.74) is 5.70. The van der Waals surface area contributed by atoms with Gasteiger partial charge < -0.3 is 11.1 Å². The Kier molecular flexibility index (Phi) is 6.39. The average molecular weight is 312 g/mol. The van der Waals surface area contributed by atoms with Gasteiger partial charge in [-0.15, -0.1) is 0 Å². The molecule has 1 saturated carbocycles. The summed E-state index contributed by atoms with van der Waals surface area (Å²) in [6.45, 7) is 6.24. The molecule has 2 rings (SSSR count). The highest BCUT2D eigenvalue weighted by Crippen LogP contribution is 2.17. The molecule has 3 N–H and O–H groups in total. The first-order valence-electron chi connectivity index (χ1n) is 8.11. The highest BCUT2D eigenvalue weighted by atomic mass is 32.1. The minimum Gasteiger partial charge on any atom is -0.392 e. The first-order valence-corrected chi connectivity index (χ1v) is 8.52. The number of nitrogens with two attached hydrogens (primary N) is 1. The van der Waals surface area contributed by atoms with Crippen LogP contribution in [-0.4, -0.2) is 65.5 Å². The molecule has 0 aromatic carbocycles. The Hall–Kier alpha value is -0.720. The third-order valence-electron chi connectivity index (χ3n) is 4.70. The third-order valence-corrected chi connectivity index (χ3v) is 5.04. The number of hydrogen-bond acceptors (Lipinski definition) is 4. The minimum absolute atomic E-state index is 0.151. The summed E-state index contributed by atoms with van der Waals surface area (Å²) in [5, 5.41) is 3.18. The second-order valence-electron chi connectivity index (χ2n) is 6.29. The number of nitrogens with one attached hydrogen (secondary N) is 1. The van der Waals surface area contributed by atoms with E-state index >= 15 is 0 Å². The number of carbonyl (C=O) groups is 1. The van der Waals surface area contributed by atoms with Crippen LogP contribution >= 0.6 is 12.2 Å². The molecule has 0 aromatic rings.